The lowest BCUT2D eigenvalue weighted by Crippen LogP contribution is -2.40. The first-order chi connectivity index (χ1) is 11.6. The van der Waals surface area contributed by atoms with Crippen LogP contribution in [0, 0.1) is 19.8 Å². The van der Waals surface area contributed by atoms with E-state index in [1.807, 2.05) is 25.1 Å². The lowest BCUT2D eigenvalue weighted by atomic mass is 9.96. The van der Waals surface area contributed by atoms with Crippen molar-refractivity contribution in [3.05, 3.63) is 65.2 Å². The van der Waals surface area contributed by atoms with Gasteiger partial charge in [-0.1, -0.05) is 48.0 Å². The Morgan fingerprint density at radius 1 is 1.17 bits per heavy atom. The van der Waals surface area contributed by atoms with Gasteiger partial charge in [-0.15, -0.1) is 0 Å². The highest BCUT2D eigenvalue weighted by atomic mass is 16.1. The Hall–Kier alpha value is -2.13. The SMILES string of the molecule is Cc1ccc(NC(=O)[C@H]2CCCN(Cc3ccccc3)C2)c(C)c1. The molecule has 0 spiro atoms. The molecule has 126 valence electrons. The van der Waals surface area contributed by atoms with E-state index in [1.165, 1.54) is 11.1 Å². The quantitative estimate of drug-likeness (QED) is 0.917. The molecule has 0 aromatic heterocycles. The number of likely N-dealkylation sites (tertiary alicyclic amines) is 1. The van der Waals surface area contributed by atoms with Crippen LogP contribution in [-0.2, 0) is 11.3 Å². The van der Waals surface area contributed by atoms with Gasteiger partial charge in [-0.05, 0) is 50.4 Å². The van der Waals surface area contributed by atoms with Gasteiger partial charge in [0.25, 0.3) is 0 Å². The van der Waals surface area contributed by atoms with Crippen molar-refractivity contribution >= 4 is 11.6 Å². The van der Waals surface area contributed by atoms with Crippen molar-refractivity contribution in [2.24, 2.45) is 5.92 Å². The van der Waals surface area contributed by atoms with Gasteiger partial charge in [-0.3, -0.25) is 9.69 Å². The topological polar surface area (TPSA) is 32.3 Å². The summed E-state index contributed by atoms with van der Waals surface area (Å²) in [6.07, 6.45) is 2.06. The van der Waals surface area contributed by atoms with Crippen molar-refractivity contribution < 1.29 is 4.79 Å². The Morgan fingerprint density at radius 2 is 1.96 bits per heavy atom. The molecule has 0 bridgehead atoms. The van der Waals surface area contributed by atoms with Gasteiger partial charge < -0.3 is 5.32 Å². The predicted molar refractivity (Wildman–Crippen MR) is 99.0 cm³/mol. The fraction of sp³-hybridized carbons (Fsp3) is 0.381. The van der Waals surface area contributed by atoms with E-state index in [4.69, 9.17) is 0 Å². The number of amides is 1. The van der Waals surface area contributed by atoms with Crippen LogP contribution in [0.3, 0.4) is 0 Å². The Morgan fingerprint density at radius 3 is 2.71 bits per heavy atom. The van der Waals surface area contributed by atoms with Crippen LogP contribution in [0.2, 0.25) is 0 Å². The van der Waals surface area contributed by atoms with Crippen molar-refractivity contribution in [3.63, 3.8) is 0 Å². The minimum Gasteiger partial charge on any atom is -0.326 e. The van der Waals surface area contributed by atoms with Gasteiger partial charge >= 0.3 is 0 Å². The number of hydrogen-bond donors (Lipinski definition) is 1. The van der Waals surface area contributed by atoms with Crippen LogP contribution in [0.4, 0.5) is 5.69 Å². The van der Waals surface area contributed by atoms with E-state index in [0.717, 1.165) is 43.7 Å². The van der Waals surface area contributed by atoms with Gasteiger partial charge in [0.2, 0.25) is 5.91 Å². The van der Waals surface area contributed by atoms with E-state index < -0.39 is 0 Å². The third-order valence-electron chi connectivity index (χ3n) is 4.77. The number of rotatable bonds is 4. The van der Waals surface area contributed by atoms with Crippen molar-refractivity contribution in [3.8, 4) is 0 Å². The lowest BCUT2D eigenvalue weighted by Gasteiger charge is -2.32. The van der Waals surface area contributed by atoms with E-state index in [-0.39, 0.29) is 11.8 Å². The number of hydrogen-bond acceptors (Lipinski definition) is 2. The molecule has 0 radical (unpaired) electrons. The van der Waals surface area contributed by atoms with E-state index in [0.29, 0.717) is 0 Å². The lowest BCUT2D eigenvalue weighted by molar-refractivity contribution is -0.121. The van der Waals surface area contributed by atoms with Gasteiger partial charge in [0.05, 0.1) is 5.92 Å². The van der Waals surface area contributed by atoms with E-state index >= 15 is 0 Å². The Bertz CT molecular complexity index is 696. The summed E-state index contributed by atoms with van der Waals surface area (Å²) in [6.45, 7) is 6.95. The zero-order chi connectivity index (χ0) is 16.9. The van der Waals surface area contributed by atoms with Crippen molar-refractivity contribution in [2.75, 3.05) is 18.4 Å². The molecule has 1 heterocycles. The second-order valence-corrected chi connectivity index (χ2v) is 6.87. The minimum atomic E-state index is 0.0724. The fourth-order valence-electron chi connectivity index (χ4n) is 3.44. The molecule has 2 aromatic rings. The van der Waals surface area contributed by atoms with E-state index in [2.05, 4.69) is 47.5 Å². The maximum absolute atomic E-state index is 12.7. The van der Waals surface area contributed by atoms with Gasteiger partial charge in [0, 0.05) is 18.8 Å². The first-order valence-corrected chi connectivity index (χ1v) is 8.76. The Kier molecular flexibility index (Phi) is 5.31. The summed E-state index contributed by atoms with van der Waals surface area (Å²) in [5.74, 6) is 0.225. The largest absolute Gasteiger partial charge is 0.326 e. The van der Waals surface area contributed by atoms with Crippen molar-refractivity contribution in [1.82, 2.24) is 4.90 Å². The summed E-state index contributed by atoms with van der Waals surface area (Å²) in [6, 6.07) is 16.7. The molecule has 2 aromatic carbocycles. The summed E-state index contributed by atoms with van der Waals surface area (Å²) in [7, 11) is 0. The second-order valence-electron chi connectivity index (χ2n) is 6.87. The Labute approximate surface area is 144 Å². The van der Waals surface area contributed by atoms with Crippen LogP contribution < -0.4 is 5.32 Å². The zero-order valence-corrected chi connectivity index (χ0v) is 14.6. The Balaban J connectivity index is 1.60. The molecule has 1 atom stereocenters. The summed E-state index contributed by atoms with van der Waals surface area (Å²) in [5, 5.41) is 3.13. The number of carbonyl (C=O) groups is 1. The third-order valence-corrected chi connectivity index (χ3v) is 4.77. The highest BCUT2D eigenvalue weighted by Gasteiger charge is 2.26. The number of nitrogens with one attached hydrogen (secondary N) is 1. The maximum Gasteiger partial charge on any atom is 0.228 e. The minimum absolute atomic E-state index is 0.0724. The smallest absolute Gasteiger partial charge is 0.228 e. The highest BCUT2D eigenvalue weighted by Crippen LogP contribution is 2.22. The second kappa shape index (κ2) is 7.63. The fourth-order valence-corrected chi connectivity index (χ4v) is 3.44. The molecule has 1 fully saturated rings. The number of aryl methyl sites for hydroxylation is 2. The molecular formula is C21H26N2O. The molecule has 0 aliphatic carbocycles. The van der Waals surface area contributed by atoms with Crippen LogP contribution >= 0.6 is 0 Å². The first kappa shape index (κ1) is 16.7. The monoisotopic (exact) mass is 322 g/mol. The van der Waals surface area contributed by atoms with Crippen LogP contribution in [0.15, 0.2) is 48.5 Å². The molecule has 1 amide bonds. The number of benzene rings is 2. The van der Waals surface area contributed by atoms with Gasteiger partial charge in [0.1, 0.15) is 0 Å². The molecule has 0 saturated carbocycles. The van der Waals surface area contributed by atoms with Crippen molar-refractivity contribution in [2.45, 2.75) is 33.2 Å². The van der Waals surface area contributed by atoms with Gasteiger partial charge in [0.15, 0.2) is 0 Å². The predicted octanol–water partition coefficient (Wildman–Crippen LogP) is 4.15. The summed E-state index contributed by atoms with van der Waals surface area (Å²) >= 11 is 0. The average Bonchev–Trinajstić information content (AvgIpc) is 2.58. The van der Waals surface area contributed by atoms with Crippen LogP contribution in [0.5, 0.6) is 0 Å². The number of anilines is 1. The van der Waals surface area contributed by atoms with Crippen LogP contribution in [-0.4, -0.2) is 23.9 Å². The molecule has 24 heavy (non-hydrogen) atoms. The molecule has 3 heteroatoms. The maximum atomic E-state index is 12.7. The molecule has 1 aliphatic rings. The summed E-state index contributed by atoms with van der Waals surface area (Å²) < 4.78 is 0. The molecular weight excluding hydrogens is 296 g/mol. The number of nitrogens with zero attached hydrogens (tertiary/aromatic N) is 1. The molecule has 1 N–H and O–H groups in total. The number of carbonyl (C=O) groups excluding carboxylic acids is 1. The summed E-state index contributed by atoms with van der Waals surface area (Å²) in [5.41, 5.74) is 4.59. The standard InChI is InChI=1S/C21H26N2O/c1-16-10-11-20(17(2)13-16)22-21(24)19-9-6-12-23(15-19)14-18-7-4-3-5-8-18/h3-5,7-8,10-11,13,19H,6,9,12,14-15H2,1-2H3,(H,22,24)/t19-/m0/s1. The van der Waals surface area contributed by atoms with Crippen molar-refractivity contribution in [1.29, 1.82) is 0 Å². The zero-order valence-electron chi connectivity index (χ0n) is 14.6. The van der Waals surface area contributed by atoms with E-state index in [9.17, 15) is 4.79 Å². The molecule has 3 rings (SSSR count). The van der Waals surface area contributed by atoms with Gasteiger partial charge in [-0.25, -0.2) is 0 Å². The van der Waals surface area contributed by atoms with Gasteiger partial charge in [-0.2, -0.15) is 0 Å². The van der Waals surface area contributed by atoms with Crippen LogP contribution in [0.25, 0.3) is 0 Å². The highest BCUT2D eigenvalue weighted by molar-refractivity contribution is 5.93. The third kappa shape index (κ3) is 4.24. The number of piperidine rings is 1. The first-order valence-electron chi connectivity index (χ1n) is 8.76. The average molecular weight is 322 g/mol. The normalized spacial score (nSPS) is 18.3. The van der Waals surface area contributed by atoms with E-state index in [1.54, 1.807) is 0 Å². The summed E-state index contributed by atoms with van der Waals surface area (Å²) in [4.78, 5) is 15.1. The molecule has 3 nitrogen and oxygen atoms in total. The molecule has 1 saturated heterocycles. The molecule has 0 unspecified atom stereocenters. The van der Waals surface area contributed by atoms with Crippen LogP contribution in [0.1, 0.15) is 29.5 Å². The molecule has 1 aliphatic heterocycles.